The molecule has 2 aliphatic rings. The lowest BCUT2D eigenvalue weighted by atomic mass is 9.97. The SMILES string of the molecule is CC(=O)OC[C@@H]1O[C@@H](O[C@H](COC(C)=O)[C@H]2OC(O)[C@H](OC(C)=O)[C@H]2OC(C)=O)[C@H](OC(C)=O)[C@H](OC(C)=O)[C@H]1OC(C)=O. The van der Waals surface area contributed by atoms with Gasteiger partial charge in [-0.25, -0.2) is 0 Å². The van der Waals surface area contributed by atoms with Crippen molar-refractivity contribution >= 4 is 41.8 Å². The van der Waals surface area contributed by atoms with Gasteiger partial charge in [0.25, 0.3) is 0 Å². The maximum absolute atomic E-state index is 12.1. The maximum Gasteiger partial charge on any atom is 0.303 e. The fourth-order valence-corrected chi connectivity index (χ4v) is 4.49. The van der Waals surface area contributed by atoms with Crippen molar-refractivity contribution in [1.82, 2.24) is 0 Å². The second-order valence-corrected chi connectivity index (χ2v) is 9.68. The zero-order chi connectivity index (χ0) is 33.3. The third-order valence-corrected chi connectivity index (χ3v) is 5.90. The van der Waals surface area contributed by atoms with Gasteiger partial charge in [0, 0.05) is 48.5 Å². The van der Waals surface area contributed by atoms with Crippen molar-refractivity contribution in [2.24, 2.45) is 0 Å². The van der Waals surface area contributed by atoms with E-state index in [2.05, 4.69) is 0 Å². The molecular formula is C26H36O18. The number of hydrogen-bond acceptors (Lipinski definition) is 18. The summed E-state index contributed by atoms with van der Waals surface area (Å²) < 4.78 is 54.0. The minimum absolute atomic E-state index is 0.560. The van der Waals surface area contributed by atoms with Crippen LogP contribution in [0.1, 0.15) is 48.5 Å². The number of aliphatic hydroxyl groups is 1. The Labute approximate surface area is 251 Å². The second-order valence-electron chi connectivity index (χ2n) is 9.68. The average molecular weight is 637 g/mol. The van der Waals surface area contributed by atoms with E-state index in [0.29, 0.717) is 0 Å². The summed E-state index contributed by atoms with van der Waals surface area (Å²) in [6.45, 7) is 6.11. The molecule has 18 nitrogen and oxygen atoms in total. The fraction of sp³-hybridized carbons (Fsp3) is 0.731. The summed E-state index contributed by atoms with van der Waals surface area (Å²) in [5.41, 5.74) is 0. The predicted molar refractivity (Wildman–Crippen MR) is 135 cm³/mol. The van der Waals surface area contributed by atoms with Crippen LogP contribution in [0.3, 0.4) is 0 Å². The largest absolute Gasteiger partial charge is 0.463 e. The third kappa shape index (κ3) is 10.7. The first-order valence-electron chi connectivity index (χ1n) is 13.3. The van der Waals surface area contributed by atoms with Crippen LogP contribution in [0.4, 0.5) is 0 Å². The van der Waals surface area contributed by atoms with Crippen molar-refractivity contribution in [2.45, 2.75) is 110 Å². The minimum atomic E-state index is -1.84. The summed E-state index contributed by atoms with van der Waals surface area (Å²) in [5.74, 6) is -5.93. The van der Waals surface area contributed by atoms with Crippen LogP contribution >= 0.6 is 0 Å². The fourth-order valence-electron chi connectivity index (χ4n) is 4.49. The number of carbonyl (C=O) groups is 7. The molecule has 0 amide bonds. The molecule has 248 valence electrons. The van der Waals surface area contributed by atoms with Gasteiger partial charge >= 0.3 is 41.8 Å². The van der Waals surface area contributed by atoms with E-state index in [1.165, 1.54) is 0 Å². The van der Waals surface area contributed by atoms with Crippen LogP contribution in [0.25, 0.3) is 0 Å². The minimum Gasteiger partial charge on any atom is -0.463 e. The molecule has 0 aromatic carbocycles. The number of rotatable bonds is 12. The first kappa shape index (κ1) is 36.3. The highest BCUT2D eigenvalue weighted by Gasteiger charge is 2.57. The van der Waals surface area contributed by atoms with Crippen LogP contribution in [-0.4, -0.2) is 122 Å². The Balaban J connectivity index is 2.60. The molecule has 2 aliphatic heterocycles. The summed E-state index contributed by atoms with van der Waals surface area (Å²) in [6, 6.07) is 0. The van der Waals surface area contributed by atoms with E-state index in [1.807, 2.05) is 0 Å². The molecule has 2 rings (SSSR count). The van der Waals surface area contributed by atoms with E-state index in [4.69, 9.17) is 47.4 Å². The number of carbonyl (C=O) groups excluding carboxylic acids is 7. The lowest BCUT2D eigenvalue weighted by Crippen LogP contribution is -2.64. The van der Waals surface area contributed by atoms with Crippen LogP contribution < -0.4 is 0 Å². The quantitative estimate of drug-likeness (QED) is 0.192. The zero-order valence-corrected chi connectivity index (χ0v) is 25.1. The van der Waals surface area contributed by atoms with Gasteiger partial charge < -0.3 is 52.5 Å². The van der Waals surface area contributed by atoms with E-state index in [9.17, 15) is 38.7 Å². The van der Waals surface area contributed by atoms with E-state index in [-0.39, 0.29) is 0 Å². The van der Waals surface area contributed by atoms with E-state index in [0.717, 1.165) is 48.5 Å². The maximum atomic E-state index is 12.1. The molecule has 2 saturated heterocycles. The van der Waals surface area contributed by atoms with Crippen LogP contribution in [-0.2, 0) is 80.9 Å². The zero-order valence-electron chi connectivity index (χ0n) is 25.1. The highest BCUT2D eigenvalue weighted by molar-refractivity contribution is 5.69. The lowest BCUT2D eigenvalue weighted by molar-refractivity contribution is -0.327. The first-order valence-corrected chi connectivity index (χ1v) is 13.3. The van der Waals surface area contributed by atoms with E-state index >= 15 is 0 Å². The van der Waals surface area contributed by atoms with Crippen molar-refractivity contribution in [1.29, 1.82) is 0 Å². The number of ether oxygens (including phenoxy) is 10. The number of aliphatic hydroxyl groups excluding tert-OH is 1. The molecule has 0 aliphatic carbocycles. The number of hydrogen-bond donors (Lipinski definition) is 1. The molecule has 44 heavy (non-hydrogen) atoms. The second kappa shape index (κ2) is 16.3. The Kier molecular flexibility index (Phi) is 13.4. The highest BCUT2D eigenvalue weighted by Crippen LogP contribution is 2.34. The van der Waals surface area contributed by atoms with Crippen LogP contribution in [0.5, 0.6) is 0 Å². The smallest absolute Gasteiger partial charge is 0.303 e. The Morgan fingerprint density at radius 3 is 1.52 bits per heavy atom. The molecule has 0 bridgehead atoms. The monoisotopic (exact) mass is 636 g/mol. The Bertz CT molecular complexity index is 1090. The molecule has 0 radical (unpaired) electrons. The Morgan fingerprint density at radius 2 is 1.02 bits per heavy atom. The number of esters is 7. The van der Waals surface area contributed by atoms with Crippen molar-refractivity contribution in [2.75, 3.05) is 13.2 Å². The standard InChI is InChI=1S/C26H36O18/c1-10(27)35-8-17-19(37-12(3)29)22(39-14(5)31)24(41-16(7)33)26(42-17)43-18(9-36-11(2)28)20-21(38-13(4)30)23(25(34)44-20)40-15(6)32/h17-26,34H,8-9H2,1-7H3/t17-,18+,19-,20+,21-,22+,23+,24+,25?,26-/m0/s1. The summed E-state index contributed by atoms with van der Waals surface area (Å²) in [7, 11) is 0. The van der Waals surface area contributed by atoms with Gasteiger partial charge in [-0.15, -0.1) is 0 Å². The summed E-state index contributed by atoms with van der Waals surface area (Å²) in [6.07, 6.45) is -15.8. The highest BCUT2D eigenvalue weighted by atomic mass is 16.8. The van der Waals surface area contributed by atoms with Gasteiger partial charge in [-0.3, -0.25) is 33.6 Å². The van der Waals surface area contributed by atoms with E-state index < -0.39 is 116 Å². The molecular weight excluding hydrogens is 600 g/mol. The Hall–Kier alpha value is -3.87. The van der Waals surface area contributed by atoms with Crippen molar-refractivity contribution in [3.63, 3.8) is 0 Å². The molecule has 2 fully saturated rings. The van der Waals surface area contributed by atoms with Crippen LogP contribution in [0, 0.1) is 0 Å². The summed E-state index contributed by atoms with van der Waals surface area (Å²) in [4.78, 5) is 83.2. The normalized spacial score (nSPS) is 30.2. The third-order valence-electron chi connectivity index (χ3n) is 5.90. The summed E-state index contributed by atoms with van der Waals surface area (Å²) in [5, 5.41) is 10.5. The topological polar surface area (TPSA) is 232 Å². The van der Waals surface area contributed by atoms with Crippen LogP contribution in [0.2, 0.25) is 0 Å². The van der Waals surface area contributed by atoms with Gasteiger partial charge in [-0.05, 0) is 0 Å². The average Bonchev–Trinajstić information content (AvgIpc) is 3.16. The van der Waals surface area contributed by atoms with Gasteiger partial charge in [-0.1, -0.05) is 0 Å². The first-order chi connectivity index (χ1) is 20.5. The van der Waals surface area contributed by atoms with Gasteiger partial charge in [0.2, 0.25) is 0 Å². The van der Waals surface area contributed by atoms with Gasteiger partial charge in [0.05, 0.1) is 0 Å². The Morgan fingerprint density at radius 1 is 0.568 bits per heavy atom. The van der Waals surface area contributed by atoms with E-state index in [1.54, 1.807) is 0 Å². The molecule has 1 unspecified atom stereocenters. The van der Waals surface area contributed by atoms with Crippen LogP contribution in [0.15, 0.2) is 0 Å². The molecule has 2 heterocycles. The molecule has 10 atom stereocenters. The predicted octanol–water partition coefficient (Wildman–Crippen LogP) is -1.40. The molecule has 0 saturated carbocycles. The van der Waals surface area contributed by atoms with Gasteiger partial charge in [0.15, 0.2) is 43.1 Å². The van der Waals surface area contributed by atoms with Gasteiger partial charge in [-0.2, -0.15) is 0 Å². The van der Waals surface area contributed by atoms with Crippen molar-refractivity contribution in [3.8, 4) is 0 Å². The van der Waals surface area contributed by atoms with Crippen molar-refractivity contribution in [3.05, 3.63) is 0 Å². The molecule has 1 N–H and O–H groups in total. The van der Waals surface area contributed by atoms with Crippen molar-refractivity contribution < 1.29 is 86.0 Å². The summed E-state index contributed by atoms with van der Waals surface area (Å²) >= 11 is 0. The molecule has 0 aromatic rings. The molecule has 18 heteroatoms. The molecule has 0 spiro atoms. The molecule has 0 aromatic heterocycles. The lowest BCUT2D eigenvalue weighted by Gasteiger charge is -2.45. The van der Waals surface area contributed by atoms with Gasteiger partial charge in [0.1, 0.15) is 31.5 Å².